The van der Waals surface area contributed by atoms with Gasteiger partial charge in [-0.3, -0.25) is 0 Å². The third kappa shape index (κ3) is 4.66. The molecule has 0 atom stereocenters. The molecular formula is C19H17F3N2O3. The molecule has 0 fully saturated rings. The van der Waals surface area contributed by atoms with E-state index in [0.717, 1.165) is 17.7 Å². The van der Waals surface area contributed by atoms with Crippen molar-refractivity contribution in [2.45, 2.75) is 26.3 Å². The van der Waals surface area contributed by atoms with Gasteiger partial charge in [-0.1, -0.05) is 12.1 Å². The molecule has 0 spiro atoms. The van der Waals surface area contributed by atoms with Gasteiger partial charge in [0, 0.05) is 12.1 Å². The summed E-state index contributed by atoms with van der Waals surface area (Å²) >= 11 is 0. The molecule has 3 aromatic rings. The van der Waals surface area contributed by atoms with Crippen LogP contribution in [0.25, 0.3) is 11.5 Å². The Kier molecular flexibility index (Phi) is 5.48. The molecule has 2 aromatic carbocycles. The largest absolute Gasteiger partial charge is 0.487 e. The average molecular weight is 378 g/mol. The Hall–Kier alpha value is -2.84. The number of aryl methyl sites for hydroxylation is 1. The number of hydrogen-bond donors (Lipinski definition) is 2. The highest BCUT2D eigenvalue weighted by Gasteiger charge is 2.30. The highest BCUT2D eigenvalue weighted by Crippen LogP contribution is 2.31. The van der Waals surface area contributed by atoms with E-state index in [1.807, 2.05) is 6.07 Å². The highest BCUT2D eigenvalue weighted by atomic mass is 19.4. The maximum Gasteiger partial charge on any atom is 0.416 e. The van der Waals surface area contributed by atoms with Crippen LogP contribution in [0.3, 0.4) is 0 Å². The number of oxazole rings is 1. The Morgan fingerprint density at radius 2 is 1.89 bits per heavy atom. The standard InChI is InChI=1S/C19H17F3N2O3/c1-12-17(11-26-16-4-2-3-13(9-16)10-23-25)24-18(27-12)14-5-7-15(8-6-14)19(20,21)22/h2-9,23,25H,10-11H2,1H3. The number of alkyl halides is 3. The fourth-order valence-electron chi connectivity index (χ4n) is 2.48. The highest BCUT2D eigenvalue weighted by molar-refractivity contribution is 5.54. The maximum absolute atomic E-state index is 12.7. The van der Waals surface area contributed by atoms with Crippen molar-refractivity contribution in [1.82, 2.24) is 10.5 Å². The first-order chi connectivity index (χ1) is 12.9. The topological polar surface area (TPSA) is 67.5 Å². The number of ether oxygens (including phenoxy) is 1. The number of halogens is 3. The summed E-state index contributed by atoms with van der Waals surface area (Å²) in [7, 11) is 0. The molecule has 0 saturated heterocycles. The lowest BCUT2D eigenvalue weighted by molar-refractivity contribution is -0.137. The van der Waals surface area contributed by atoms with Crippen LogP contribution in [-0.4, -0.2) is 10.2 Å². The predicted molar refractivity (Wildman–Crippen MR) is 91.1 cm³/mol. The number of rotatable bonds is 6. The van der Waals surface area contributed by atoms with Crippen LogP contribution in [0.2, 0.25) is 0 Å². The Morgan fingerprint density at radius 3 is 2.56 bits per heavy atom. The summed E-state index contributed by atoms with van der Waals surface area (Å²) < 4.78 is 49.2. The second-order valence-corrected chi connectivity index (χ2v) is 5.87. The van der Waals surface area contributed by atoms with E-state index in [0.29, 0.717) is 22.8 Å². The molecule has 0 aliphatic carbocycles. The van der Waals surface area contributed by atoms with Gasteiger partial charge in [0.1, 0.15) is 23.8 Å². The first-order valence-electron chi connectivity index (χ1n) is 8.09. The van der Waals surface area contributed by atoms with Gasteiger partial charge >= 0.3 is 6.18 Å². The fourth-order valence-corrected chi connectivity index (χ4v) is 2.48. The van der Waals surface area contributed by atoms with E-state index in [4.69, 9.17) is 14.4 Å². The van der Waals surface area contributed by atoms with Crippen molar-refractivity contribution in [3.8, 4) is 17.2 Å². The van der Waals surface area contributed by atoms with E-state index in [-0.39, 0.29) is 19.0 Å². The SMILES string of the molecule is Cc1oc(-c2ccc(C(F)(F)F)cc2)nc1COc1cccc(CNO)c1. The molecule has 8 heteroatoms. The molecule has 142 valence electrons. The molecule has 0 aliphatic heterocycles. The minimum Gasteiger partial charge on any atom is -0.487 e. The van der Waals surface area contributed by atoms with Crippen molar-refractivity contribution >= 4 is 0 Å². The van der Waals surface area contributed by atoms with Crippen molar-refractivity contribution in [2.24, 2.45) is 0 Å². The number of nitrogens with zero attached hydrogens (tertiary/aromatic N) is 1. The zero-order chi connectivity index (χ0) is 19.4. The lowest BCUT2D eigenvalue weighted by Gasteiger charge is -2.06. The Labute approximate surface area is 153 Å². The number of hydrogen-bond acceptors (Lipinski definition) is 5. The molecule has 27 heavy (non-hydrogen) atoms. The number of nitrogens with one attached hydrogen (secondary N) is 1. The second-order valence-electron chi connectivity index (χ2n) is 5.87. The van der Waals surface area contributed by atoms with E-state index in [1.165, 1.54) is 12.1 Å². The van der Waals surface area contributed by atoms with Gasteiger partial charge in [0.05, 0.1) is 5.56 Å². The molecule has 2 N–H and O–H groups in total. The smallest absolute Gasteiger partial charge is 0.416 e. The van der Waals surface area contributed by atoms with E-state index >= 15 is 0 Å². The quantitative estimate of drug-likeness (QED) is 0.607. The van der Waals surface area contributed by atoms with Gasteiger partial charge < -0.3 is 14.4 Å². The summed E-state index contributed by atoms with van der Waals surface area (Å²) in [6, 6.07) is 11.8. The lowest BCUT2D eigenvalue weighted by atomic mass is 10.1. The van der Waals surface area contributed by atoms with Crippen molar-refractivity contribution in [3.05, 3.63) is 71.1 Å². The number of aromatic nitrogens is 1. The molecule has 0 radical (unpaired) electrons. The van der Waals surface area contributed by atoms with E-state index in [2.05, 4.69) is 10.5 Å². The molecular weight excluding hydrogens is 361 g/mol. The summed E-state index contributed by atoms with van der Waals surface area (Å²) in [5.41, 5.74) is 3.20. The summed E-state index contributed by atoms with van der Waals surface area (Å²) in [6.45, 7) is 2.15. The van der Waals surface area contributed by atoms with Crippen LogP contribution in [0.4, 0.5) is 13.2 Å². The first-order valence-corrected chi connectivity index (χ1v) is 8.09. The van der Waals surface area contributed by atoms with Gasteiger partial charge in [-0.05, 0) is 48.9 Å². The second kappa shape index (κ2) is 7.81. The van der Waals surface area contributed by atoms with Gasteiger partial charge in [-0.25, -0.2) is 10.5 Å². The lowest BCUT2D eigenvalue weighted by Crippen LogP contribution is -2.06. The average Bonchev–Trinajstić information content (AvgIpc) is 3.01. The summed E-state index contributed by atoms with van der Waals surface area (Å²) in [6.07, 6.45) is -4.38. The molecule has 1 aromatic heterocycles. The van der Waals surface area contributed by atoms with Gasteiger partial charge in [0.25, 0.3) is 0 Å². The van der Waals surface area contributed by atoms with Crippen molar-refractivity contribution in [3.63, 3.8) is 0 Å². The summed E-state index contributed by atoms with van der Waals surface area (Å²) in [5, 5.41) is 8.75. The first kappa shape index (κ1) is 18.9. The monoisotopic (exact) mass is 378 g/mol. The van der Waals surface area contributed by atoms with Gasteiger partial charge in [-0.15, -0.1) is 0 Å². The third-order valence-electron chi connectivity index (χ3n) is 3.91. The fraction of sp³-hybridized carbons (Fsp3) is 0.211. The molecule has 5 nitrogen and oxygen atoms in total. The van der Waals surface area contributed by atoms with Crippen LogP contribution in [-0.2, 0) is 19.3 Å². The molecule has 0 unspecified atom stereocenters. The van der Waals surface area contributed by atoms with Crippen LogP contribution in [0.15, 0.2) is 52.9 Å². The normalized spacial score (nSPS) is 11.6. The predicted octanol–water partition coefficient (Wildman–Crippen LogP) is 4.73. The molecule has 0 bridgehead atoms. The summed E-state index contributed by atoms with van der Waals surface area (Å²) in [4.78, 5) is 4.32. The Bertz CT molecular complexity index is 905. The molecule has 0 amide bonds. The van der Waals surface area contributed by atoms with E-state index < -0.39 is 11.7 Å². The summed E-state index contributed by atoms with van der Waals surface area (Å²) in [5.74, 6) is 1.36. The molecule has 0 aliphatic rings. The number of hydroxylamine groups is 1. The van der Waals surface area contributed by atoms with Crippen LogP contribution in [0, 0.1) is 6.92 Å². The minimum atomic E-state index is -4.38. The van der Waals surface area contributed by atoms with E-state index in [9.17, 15) is 13.2 Å². The van der Waals surface area contributed by atoms with Crippen LogP contribution in [0.1, 0.15) is 22.6 Å². The zero-order valence-electron chi connectivity index (χ0n) is 14.4. The number of benzene rings is 2. The van der Waals surface area contributed by atoms with E-state index in [1.54, 1.807) is 25.1 Å². The Morgan fingerprint density at radius 1 is 1.15 bits per heavy atom. The van der Waals surface area contributed by atoms with Gasteiger partial charge in [-0.2, -0.15) is 13.2 Å². The van der Waals surface area contributed by atoms with Crippen molar-refractivity contribution in [2.75, 3.05) is 0 Å². The zero-order valence-corrected chi connectivity index (χ0v) is 14.4. The van der Waals surface area contributed by atoms with Gasteiger partial charge in [0.2, 0.25) is 5.89 Å². The van der Waals surface area contributed by atoms with Crippen LogP contribution < -0.4 is 10.2 Å². The third-order valence-corrected chi connectivity index (χ3v) is 3.91. The minimum absolute atomic E-state index is 0.145. The molecule has 1 heterocycles. The van der Waals surface area contributed by atoms with Crippen LogP contribution >= 0.6 is 0 Å². The van der Waals surface area contributed by atoms with Crippen molar-refractivity contribution in [1.29, 1.82) is 0 Å². The Balaban J connectivity index is 1.72. The molecule has 0 saturated carbocycles. The maximum atomic E-state index is 12.7. The van der Waals surface area contributed by atoms with Crippen LogP contribution in [0.5, 0.6) is 5.75 Å². The van der Waals surface area contributed by atoms with Crippen molar-refractivity contribution < 1.29 is 27.5 Å². The van der Waals surface area contributed by atoms with Gasteiger partial charge in [0.15, 0.2) is 0 Å². The molecule has 3 rings (SSSR count).